The molecule has 3 amide bonds. The SMILES string of the molecule is CC(=O)Nc1cccc([C@H](C)NC(=O)NC2CCCCC2)c1. The maximum absolute atomic E-state index is 12.1. The number of urea groups is 1. The van der Waals surface area contributed by atoms with Gasteiger partial charge in [0.25, 0.3) is 0 Å². The molecule has 0 aromatic heterocycles. The van der Waals surface area contributed by atoms with E-state index in [0.29, 0.717) is 6.04 Å². The zero-order chi connectivity index (χ0) is 15.9. The summed E-state index contributed by atoms with van der Waals surface area (Å²) in [6.45, 7) is 3.42. The standard InChI is InChI=1S/C17H25N3O2/c1-12(14-7-6-10-16(11-14)19-13(2)21)18-17(22)20-15-8-4-3-5-9-15/h6-7,10-12,15H,3-5,8-9H2,1-2H3,(H,19,21)(H2,18,20,22)/t12-/m0/s1. The number of carbonyl (C=O) groups excluding carboxylic acids is 2. The number of anilines is 1. The van der Waals surface area contributed by atoms with Crippen LogP contribution in [0.15, 0.2) is 24.3 Å². The quantitative estimate of drug-likeness (QED) is 0.798. The lowest BCUT2D eigenvalue weighted by Gasteiger charge is -2.24. The maximum Gasteiger partial charge on any atom is 0.315 e. The van der Waals surface area contributed by atoms with Crippen LogP contribution < -0.4 is 16.0 Å². The fourth-order valence-electron chi connectivity index (χ4n) is 2.84. The molecule has 1 aliphatic carbocycles. The predicted octanol–water partition coefficient (Wildman–Crippen LogP) is 3.34. The summed E-state index contributed by atoms with van der Waals surface area (Å²) in [6, 6.07) is 7.59. The van der Waals surface area contributed by atoms with Crippen molar-refractivity contribution in [2.75, 3.05) is 5.32 Å². The third kappa shape index (κ3) is 5.06. The highest BCUT2D eigenvalue weighted by atomic mass is 16.2. The highest BCUT2D eigenvalue weighted by Gasteiger charge is 2.17. The first-order valence-electron chi connectivity index (χ1n) is 7.99. The molecule has 1 aliphatic rings. The summed E-state index contributed by atoms with van der Waals surface area (Å²) in [7, 11) is 0. The zero-order valence-corrected chi connectivity index (χ0v) is 13.3. The smallest absolute Gasteiger partial charge is 0.315 e. The Kier molecular flexibility index (Phi) is 5.81. The summed E-state index contributed by atoms with van der Waals surface area (Å²) in [5, 5.41) is 8.76. The summed E-state index contributed by atoms with van der Waals surface area (Å²) in [4.78, 5) is 23.2. The van der Waals surface area contributed by atoms with Crippen LogP contribution in [0.4, 0.5) is 10.5 Å². The van der Waals surface area contributed by atoms with E-state index in [-0.39, 0.29) is 18.0 Å². The zero-order valence-electron chi connectivity index (χ0n) is 13.3. The second-order valence-corrected chi connectivity index (χ2v) is 5.98. The lowest BCUT2D eigenvalue weighted by molar-refractivity contribution is -0.114. The molecule has 3 N–H and O–H groups in total. The third-order valence-corrected chi connectivity index (χ3v) is 3.99. The normalized spacial score (nSPS) is 16.6. The van der Waals surface area contributed by atoms with Crippen molar-refractivity contribution in [3.8, 4) is 0 Å². The Labute approximate surface area is 131 Å². The minimum atomic E-state index is -0.121. The van der Waals surface area contributed by atoms with Crippen LogP contribution in [-0.2, 0) is 4.79 Å². The first-order chi connectivity index (χ1) is 10.5. The van der Waals surface area contributed by atoms with Crippen molar-refractivity contribution in [3.05, 3.63) is 29.8 Å². The van der Waals surface area contributed by atoms with Crippen LogP contribution in [0.2, 0.25) is 0 Å². The molecule has 1 aromatic rings. The van der Waals surface area contributed by atoms with Crippen molar-refractivity contribution < 1.29 is 9.59 Å². The van der Waals surface area contributed by atoms with Crippen LogP contribution in [0.5, 0.6) is 0 Å². The lowest BCUT2D eigenvalue weighted by Crippen LogP contribution is -2.43. The Morgan fingerprint density at radius 3 is 2.59 bits per heavy atom. The van der Waals surface area contributed by atoms with Gasteiger partial charge in [-0.15, -0.1) is 0 Å². The van der Waals surface area contributed by atoms with Crippen molar-refractivity contribution in [2.24, 2.45) is 0 Å². The molecule has 0 heterocycles. The number of nitrogens with one attached hydrogen (secondary N) is 3. The predicted molar refractivity (Wildman–Crippen MR) is 87.7 cm³/mol. The van der Waals surface area contributed by atoms with E-state index in [2.05, 4.69) is 16.0 Å². The van der Waals surface area contributed by atoms with E-state index >= 15 is 0 Å². The molecule has 2 rings (SSSR count). The van der Waals surface area contributed by atoms with Crippen LogP contribution in [0.3, 0.4) is 0 Å². The number of benzene rings is 1. The Bertz CT molecular complexity index is 524. The molecular formula is C17H25N3O2. The van der Waals surface area contributed by atoms with Crippen LogP contribution in [0.1, 0.15) is 57.6 Å². The summed E-state index contributed by atoms with van der Waals surface area (Å²) < 4.78 is 0. The fourth-order valence-corrected chi connectivity index (χ4v) is 2.84. The van der Waals surface area contributed by atoms with Gasteiger partial charge < -0.3 is 16.0 Å². The summed E-state index contributed by atoms with van der Waals surface area (Å²) in [5.74, 6) is -0.104. The Morgan fingerprint density at radius 2 is 1.91 bits per heavy atom. The van der Waals surface area contributed by atoms with Crippen LogP contribution in [0.25, 0.3) is 0 Å². The van der Waals surface area contributed by atoms with Crippen LogP contribution in [0, 0.1) is 0 Å². The van der Waals surface area contributed by atoms with Gasteiger partial charge in [0, 0.05) is 18.7 Å². The molecule has 0 aliphatic heterocycles. The van der Waals surface area contributed by atoms with Gasteiger partial charge >= 0.3 is 6.03 Å². The summed E-state index contributed by atoms with van der Waals surface area (Å²) >= 11 is 0. The topological polar surface area (TPSA) is 70.2 Å². The molecule has 0 spiro atoms. The Balaban J connectivity index is 1.89. The Morgan fingerprint density at radius 1 is 1.18 bits per heavy atom. The molecule has 1 aromatic carbocycles. The maximum atomic E-state index is 12.1. The van der Waals surface area contributed by atoms with Crippen LogP contribution >= 0.6 is 0 Å². The van der Waals surface area contributed by atoms with E-state index < -0.39 is 0 Å². The molecule has 0 radical (unpaired) electrons. The van der Waals surface area contributed by atoms with E-state index in [1.807, 2.05) is 31.2 Å². The second kappa shape index (κ2) is 7.82. The van der Waals surface area contributed by atoms with Gasteiger partial charge in [-0.25, -0.2) is 4.79 Å². The highest BCUT2D eigenvalue weighted by molar-refractivity contribution is 5.88. The van der Waals surface area contributed by atoms with Crippen molar-refractivity contribution in [2.45, 2.75) is 58.0 Å². The van der Waals surface area contributed by atoms with Gasteiger partial charge in [-0.2, -0.15) is 0 Å². The molecule has 1 atom stereocenters. The van der Waals surface area contributed by atoms with E-state index in [0.717, 1.165) is 24.1 Å². The van der Waals surface area contributed by atoms with Crippen LogP contribution in [-0.4, -0.2) is 18.0 Å². The van der Waals surface area contributed by atoms with Crippen molar-refractivity contribution in [3.63, 3.8) is 0 Å². The Hall–Kier alpha value is -2.04. The van der Waals surface area contributed by atoms with Gasteiger partial charge in [-0.3, -0.25) is 4.79 Å². The van der Waals surface area contributed by atoms with E-state index in [4.69, 9.17) is 0 Å². The molecule has 0 saturated heterocycles. The van der Waals surface area contributed by atoms with Gasteiger partial charge in [0.15, 0.2) is 0 Å². The van der Waals surface area contributed by atoms with Crippen molar-refractivity contribution in [1.82, 2.24) is 10.6 Å². The molecule has 1 fully saturated rings. The molecule has 22 heavy (non-hydrogen) atoms. The van der Waals surface area contributed by atoms with E-state index in [9.17, 15) is 9.59 Å². The van der Waals surface area contributed by atoms with Gasteiger partial charge in [0.1, 0.15) is 0 Å². The van der Waals surface area contributed by atoms with E-state index in [1.54, 1.807) is 0 Å². The van der Waals surface area contributed by atoms with Gasteiger partial charge in [0.05, 0.1) is 6.04 Å². The molecule has 0 unspecified atom stereocenters. The monoisotopic (exact) mass is 303 g/mol. The molecule has 120 valence electrons. The van der Waals surface area contributed by atoms with Gasteiger partial charge in [-0.1, -0.05) is 31.4 Å². The number of hydrogen-bond donors (Lipinski definition) is 3. The van der Waals surface area contributed by atoms with E-state index in [1.165, 1.54) is 26.2 Å². The third-order valence-electron chi connectivity index (χ3n) is 3.99. The average Bonchev–Trinajstić information content (AvgIpc) is 2.47. The minimum Gasteiger partial charge on any atom is -0.335 e. The molecular weight excluding hydrogens is 278 g/mol. The summed E-state index contributed by atoms with van der Waals surface area (Å²) in [6.07, 6.45) is 5.80. The largest absolute Gasteiger partial charge is 0.335 e. The number of carbonyl (C=O) groups is 2. The lowest BCUT2D eigenvalue weighted by atomic mass is 9.96. The number of rotatable bonds is 4. The first-order valence-corrected chi connectivity index (χ1v) is 7.99. The average molecular weight is 303 g/mol. The molecule has 1 saturated carbocycles. The first kappa shape index (κ1) is 16.3. The molecule has 0 bridgehead atoms. The van der Waals surface area contributed by atoms with Crippen molar-refractivity contribution >= 4 is 17.6 Å². The summed E-state index contributed by atoms with van der Waals surface area (Å²) in [5.41, 5.74) is 1.70. The number of hydrogen-bond acceptors (Lipinski definition) is 2. The fraction of sp³-hybridized carbons (Fsp3) is 0.529. The van der Waals surface area contributed by atoms with Gasteiger partial charge in [-0.05, 0) is 37.5 Å². The molecule has 5 nitrogen and oxygen atoms in total. The second-order valence-electron chi connectivity index (χ2n) is 5.98. The van der Waals surface area contributed by atoms with Gasteiger partial charge in [0.2, 0.25) is 5.91 Å². The molecule has 5 heteroatoms. The highest BCUT2D eigenvalue weighted by Crippen LogP contribution is 2.19. The minimum absolute atomic E-state index is 0.104. The number of amides is 3. The van der Waals surface area contributed by atoms with Crippen molar-refractivity contribution in [1.29, 1.82) is 0 Å².